The van der Waals surface area contributed by atoms with Gasteiger partial charge >= 0.3 is 12.1 Å². The van der Waals surface area contributed by atoms with Crippen molar-refractivity contribution in [2.45, 2.75) is 104 Å². The van der Waals surface area contributed by atoms with Crippen molar-refractivity contribution in [3.8, 4) is 0 Å². The zero-order valence-electron chi connectivity index (χ0n) is 27.5. The molecule has 4 atom stereocenters. The van der Waals surface area contributed by atoms with Gasteiger partial charge in [-0.3, -0.25) is 34.1 Å². The van der Waals surface area contributed by atoms with E-state index in [1.54, 1.807) is 34.6 Å². The van der Waals surface area contributed by atoms with Crippen LogP contribution >= 0.6 is 0 Å². The fourth-order valence-electron chi connectivity index (χ4n) is 4.08. The lowest BCUT2D eigenvalue weighted by atomic mass is 9.99. The van der Waals surface area contributed by atoms with Crippen LogP contribution in [0.1, 0.15) is 74.7 Å². The third-order valence-electron chi connectivity index (χ3n) is 6.16. The fraction of sp³-hybridized carbons (Fsp3) is 0.600. The summed E-state index contributed by atoms with van der Waals surface area (Å²) in [7, 11) is 0. The van der Waals surface area contributed by atoms with E-state index in [0.717, 1.165) is 12.1 Å². The lowest BCUT2D eigenvalue weighted by molar-refractivity contribution is -0.384. The number of carbonyl (C=O) groups excluding carboxylic acids is 5. The van der Waals surface area contributed by atoms with E-state index in [-0.39, 0.29) is 36.1 Å². The summed E-state index contributed by atoms with van der Waals surface area (Å²) in [5, 5.41) is 32.7. The second kappa shape index (κ2) is 17.7. The summed E-state index contributed by atoms with van der Waals surface area (Å²) in [5.74, 6) is -4.66. The van der Waals surface area contributed by atoms with Gasteiger partial charge in [-0.05, 0) is 64.5 Å². The van der Waals surface area contributed by atoms with Gasteiger partial charge in [-0.2, -0.15) is 0 Å². The third-order valence-corrected chi connectivity index (χ3v) is 6.16. The number of carboxylic acid groups (broad SMARTS) is 1. The fourth-order valence-corrected chi connectivity index (χ4v) is 4.08. The molecule has 1 rings (SSSR count). The zero-order valence-corrected chi connectivity index (χ0v) is 27.5. The molecular weight excluding hydrogens is 604 g/mol. The molecular formula is C30H46N6O10. The van der Waals surface area contributed by atoms with E-state index in [9.17, 15) is 44.0 Å². The minimum atomic E-state index is -1.56. The molecule has 256 valence electrons. The van der Waals surface area contributed by atoms with Gasteiger partial charge in [0.25, 0.3) is 5.69 Å². The number of amides is 5. The summed E-state index contributed by atoms with van der Waals surface area (Å²) in [6.45, 7) is 13.7. The molecule has 0 saturated carbocycles. The van der Waals surface area contributed by atoms with Crippen molar-refractivity contribution in [2.24, 2.45) is 11.8 Å². The molecule has 0 heterocycles. The number of nitro benzene ring substituents is 1. The van der Waals surface area contributed by atoms with Gasteiger partial charge in [0.1, 0.15) is 29.8 Å². The molecule has 0 saturated heterocycles. The molecule has 0 bridgehead atoms. The number of alkyl carbamates (subject to hydrolysis) is 1. The summed E-state index contributed by atoms with van der Waals surface area (Å²) in [4.78, 5) is 86.5. The number of hydrogen-bond donors (Lipinski definition) is 6. The maximum Gasteiger partial charge on any atom is 0.408 e. The Balaban J connectivity index is 3.10. The number of rotatable bonds is 16. The molecule has 0 radical (unpaired) electrons. The average molecular weight is 651 g/mol. The summed E-state index contributed by atoms with van der Waals surface area (Å²) in [5.41, 5.74) is -0.877. The number of non-ortho nitro benzene ring substituents is 1. The van der Waals surface area contributed by atoms with Crippen LogP contribution in [-0.2, 0) is 28.7 Å². The van der Waals surface area contributed by atoms with E-state index >= 15 is 0 Å². The second-order valence-electron chi connectivity index (χ2n) is 12.7. The first-order valence-electron chi connectivity index (χ1n) is 14.9. The molecule has 46 heavy (non-hydrogen) atoms. The van der Waals surface area contributed by atoms with Crippen molar-refractivity contribution in [1.29, 1.82) is 0 Å². The summed E-state index contributed by atoms with van der Waals surface area (Å²) in [6.07, 6.45) is -1.31. The Hall–Kier alpha value is -4.76. The smallest absolute Gasteiger partial charge is 0.408 e. The first kappa shape index (κ1) is 39.3. The number of nitrogens with one attached hydrogen (secondary N) is 5. The van der Waals surface area contributed by atoms with Crippen LogP contribution in [0.25, 0.3) is 0 Å². The molecule has 0 aromatic heterocycles. The van der Waals surface area contributed by atoms with Crippen LogP contribution in [0.5, 0.6) is 0 Å². The Morgan fingerprint density at radius 1 is 0.761 bits per heavy atom. The van der Waals surface area contributed by atoms with Gasteiger partial charge < -0.3 is 36.4 Å². The van der Waals surface area contributed by atoms with E-state index in [1.165, 1.54) is 19.1 Å². The molecule has 1 aromatic rings. The van der Waals surface area contributed by atoms with Crippen molar-refractivity contribution in [3.05, 3.63) is 34.4 Å². The van der Waals surface area contributed by atoms with Crippen molar-refractivity contribution >= 4 is 47.1 Å². The number of benzene rings is 1. The van der Waals surface area contributed by atoms with E-state index < -0.39 is 76.8 Å². The molecule has 5 amide bonds. The van der Waals surface area contributed by atoms with Crippen LogP contribution in [0, 0.1) is 22.0 Å². The number of nitrogens with zero attached hydrogens (tertiary/aromatic N) is 1. The molecule has 6 N–H and O–H groups in total. The van der Waals surface area contributed by atoms with Crippen LogP contribution in [0.3, 0.4) is 0 Å². The first-order chi connectivity index (χ1) is 21.2. The highest BCUT2D eigenvalue weighted by atomic mass is 16.6. The Kier molecular flexibility index (Phi) is 15.1. The number of anilines is 1. The largest absolute Gasteiger partial charge is 0.481 e. The van der Waals surface area contributed by atoms with Gasteiger partial charge in [-0.25, -0.2) is 4.79 Å². The van der Waals surface area contributed by atoms with E-state index in [4.69, 9.17) is 4.74 Å². The van der Waals surface area contributed by atoms with E-state index in [0.29, 0.717) is 0 Å². The van der Waals surface area contributed by atoms with Gasteiger partial charge in [0.2, 0.25) is 23.6 Å². The number of carbonyl (C=O) groups is 6. The maximum atomic E-state index is 13.4. The maximum absolute atomic E-state index is 13.4. The Morgan fingerprint density at radius 3 is 1.63 bits per heavy atom. The molecule has 0 spiro atoms. The topological polar surface area (TPSA) is 235 Å². The molecule has 0 fully saturated rings. The van der Waals surface area contributed by atoms with Crippen molar-refractivity contribution in [3.63, 3.8) is 0 Å². The van der Waals surface area contributed by atoms with Gasteiger partial charge in [-0.1, -0.05) is 27.7 Å². The predicted molar refractivity (Wildman–Crippen MR) is 168 cm³/mol. The lowest BCUT2D eigenvalue weighted by Gasteiger charge is -2.27. The molecule has 0 aliphatic carbocycles. The third kappa shape index (κ3) is 14.8. The summed E-state index contributed by atoms with van der Waals surface area (Å²) < 4.78 is 5.17. The van der Waals surface area contributed by atoms with Crippen molar-refractivity contribution in [1.82, 2.24) is 21.3 Å². The Bertz CT molecular complexity index is 1260. The average Bonchev–Trinajstić information content (AvgIpc) is 2.90. The van der Waals surface area contributed by atoms with Crippen LogP contribution in [0.2, 0.25) is 0 Å². The van der Waals surface area contributed by atoms with Gasteiger partial charge in [0.05, 0.1) is 11.3 Å². The van der Waals surface area contributed by atoms with Crippen molar-refractivity contribution in [2.75, 3.05) is 5.32 Å². The number of aliphatic carboxylic acids is 1. The number of nitro groups is 1. The van der Waals surface area contributed by atoms with Crippen LogP contribution in [0.4, 0.5) is 16.2 Å². The predicted octanol–water partition coefficient (Wildman–Crippen LogP) is 2.47. The molecule has 16 heteroatoms. The first-order valence-corrected chi connectivity index (χ1v) is 14.9. The van der Waals surface area contributed by atoms with Gasteiger partial charge in [-0.15, -0.1) is 0 Å². The summed E-state index contributed by atoms with van der Waals surface area (Å²) in [6, 6.07) is -0.117. The highest BCUT2D eigenvalue weighted by Crippen LogP contribution is 2.16. The lowest BCUT2D eigenvalue weighted by Crippen LogP contribution is -2.58. The SMILES string of the molecule is CC(C)C[C@H](NC(=O)[C@H](C)NC(=O)OC(C)(C)C)C(=O)N[C@@H](CC(C)C)C(=O)N[C@@H](CC(=O)O)C(=O)Nc1ccc([N+](=O)[O-])cc1. The number of ether oxygens (including phenoxy) is 1. The molecule has 0 aliphatic rings. The van der Waals surface area contributed by atoms with Crippen LogP contribution in [0.15, 0.2) is 24.3 Å². The highest BCUT2D eigenvalue weighted by molar-refractivity contribution is 6.00. The molecule has 1 aromatic carbocycles. The summed E-state index contributed by atoms with van der Waals surface area (Å²) >= 11 is 0. The van der Waals surface area contributed by atoms with Crippen molar-refractivity contribution < 1.29 is 43.5 Å². The molecule has 0 unspecified atom stereocenters. The monoisotopic (exact) mass is 650 g/mol. The number of carboxylic acids is 1. The highest BCUT2D eigenvalue weighted by Gasteiger charge is 2.32. The standard InChI is InChI=1S/C30H46N6O10/c1-16(2)13-21(33-25(39)18(5)31-29(43)46-30(6,7)8)27(41)34-22(14-17(3)4)28(42)35-23(15-24(37)38)26(40)32-19-9-11-20(12-10-19)36(44)45/h9-12,16-18,21-23H,13-15H2,1-8H3,(H,31,43)(H,32,40)(H,33,39)(H,34,41)(H,35,42)(H,37,38)/t18-,21-,22-,23-/m0/s1. The van der Waals surface area contributed by atoms with Gasteiger partial charge in [0, 0.05) is 17.8 Å². The normalized spacial score (nSPS) is 13.9. The Morgan fingerprint density at radius 2 is 1.22 bits per heavy atom. The second-order valence-corrected chi connectivity index (χ2v) is 12.7. The zero-order chi connectivity index (χ0) is 35.4. The minimum absolute atomic E-state index is 0.0642. The van der Waals surface area contributed by atoms with Gasteiger partial charge in [0.15, 0.2) is 0 Å². The van der Waals surface area contributed by atoms with Crippen LogP contribution < -0.4 is 26.6 Å². The van der Waals surface area contributed by atoms with E-state index in [2.05, 4.69) is 26.6 Å². The Labute approximate surface area is 267 Å². The van der Waals surface area contributed by atoms with E-state index in [1.807, 2.05) is 13.8 Å². The molecule has 0 aliphatic heterocycles. The minimum Gasteiger partial charge on any atom is -0.481 e. The molecule has 16 nitrogen and oxygen atoms in total. The number of hydrogen-bond acceptors (Lipinski definition) is 9. The van der Waals surface area contributed by atoms with Crippen LogP contribution in [-0.4, -0.2) is 75.5 Å². The quantitative estimate of drug-likeness (QED) is 0.113.